The van der Waals surface area contributed by atoms with Crippen LogP contribution in [0.25, 0.3) is 11.2 Å². The fraction of sp³-hybridized carbons (Fsp3) is 0.545. The Bertz CT molecular complexity index is 695. The molecule has 2 aromatic heterocycles. The molecule has 0 spiro atoms. The molecule has 0 amide bonds. The van der Waals surface area contributed by atoms with Crippen molar-refractivity contribution in [3.63, 3.8) is 0 Å². The first-order valence-electron chi connectivity index (χ1n) is 6.23. The maximum atomic E-state index is 12.0. The third-order valence-electron chi connectivity index (χ3n) is 2.86. The topological polar surface area (TPSA) is 111 Å². The van der Waals surface area contributed by atoms with Gasteiger partial charge in [-0.05, 0) is 6.42 Å². The number of anilines is 1. The Morgan fingerprint density at radius 3 is 2.79 bits per heavy atom. The molecule has 2 heterocycles. The van der Waals surface area contributed by atoms with Crippen LogP contribution in [-0.4, -0.2) is 32.2 Å². The highest BCUT2D eigenvalue weighted by molar-refractivity contribution is 5.72. The summed E-state index contributed by atoms with van der Waals surface area (Å²) in [7, 11) is 1.46. The van der Waals surface area contributed by atoms with Gasteiger partial charge in [-0.1, -0.05) is 6.92 Å². The zero-order valence-corrected chi connectivity index (χ0v) is 11.1. The van der Waals surface area contributed by atoms with Crippen molar-refractivity contribution in [1.29, 1.82) is 0 Å². The average molecular weight is 266 g/mol. The van der Waals surface area contributed by atoms with E-state index in [0.29, 0.717) is 36.7 Å². The van der Waals surface area contributed by atoms with Crippen molar-refractivity contribution in [1.82, 2.24) is 19.1 Å². The molecule has 19 heavy (non-hydrogen) atoms. The number of imidazole rings is 1. The quantitative estimate of drug-likeness (QED) is 0.656. The van der Waals surface area contributed by atoms with E-state index < -0.39 is 0 Å². The van der Waals surface area contributed by atoms with Crippen molar-refractivity contribution in [2.45, 2.75) is 19.9 Å². The van der Waals surface area contributed by atoms with Crippen LogP contribution in [-0.2, 0) is 13.6 Å². The van der Waals surface area contributed by atoms with Crippen LogP contribution in [0, 0.1) is 0 Å². The first-order chi connectivity index (χ1) is 9.10. The lowest BCUT2D eigenvalue weighted by molar-refractivity contribution is 0.611. The molecule has 0 aliphatic rings. The predicted molar refractivity (Wildman–Crippen MR) is 73.4 cm³/mol. The van der Waals surface area contributed by atoms with Crippen LogP contribution >= 0.6 is 0 Å². The van der Waals surface area contributed by atoms with Crippen molar-refractivity contribution in [3.05, 3.63) is 20.8 Å². The molecule has 0 aliphatic heterocycles. The summed E-state index contributed by atoms with van der Waals surface area (Å²) in [4.78, 5) is 31.2. The second kappa shape index (κ2) is 5.27. The largest absolute Gasteiger partial charge is 0.354 e. The van der Waals surface area contributed by atoms with Gasteiger partial charge < -0.3 is 16.0 Å². The molecule has 8 heteroatoms. The van der Waals surface area contributed by atoms with Crippen molar-refractivity contribution >= 4 is 17.1 Å². The van der Waals surface area contributed by atoms with Crippen molar-refractivity contribution in [3.8, 4) is 0 Å². The fourth-order valence-electron chi connectivity index (χ4n) is 1.93. The summed E-state index contributed by atoms with van der Waals surface area (Å²) in [6.45, 7) is 3.48. The molecule has 8 nitrogen and oxygen atoms in total. The molecular weight excluding hydrogens is 248 g/mol. The molecule has 0 unspecified atom stereocenters. The standard InChI is InChI=1S/C11H18N6O2/c1-3-6-17-8-7(9(18)16(2)11(17)19)14-10(15-8)13-5-4-12/h3-6,12H2,1-2H3,(H2,13,14,15). The molecule has 0 saturated heterocycles. The van der Waals surface area contributed by atoms with Crippen LogP contribution in [0.2, 0.25) is 0 Å². The number of aromatic amines is 1. The van der Waals surface area contributed by atoms with Gasteiger partial charge in [0.2, 0.25) is 5.95 Å². The summed E-state index contributed by atoms with van der Waals surface area (Å²) >= 11 is 0. The van der Waals surface area contributed by atoms with E-state index in [9.17, 15) is 9.59 Å². The zero-order chi connectivity index (χ0) is 14.0. The Morgan fingerprint density at radius 2 is 2.16 bits per heavy atom. The lowest BCUT2D eigenvalue weighted by Crippen LogP contribution is -2.38. The molecule has 0 aromatic carbocycles. The van der Waals surface area contributed by atoms with Crippen LogP contribution in [0.1, 0.15) is 13.3 Å². The van der Waals surface area contributed by atoms with Crippen molar-refractivity contribution in [2.24, 2.45) is 12.8 Å². The van der Waals surface area contributed by atoms with Crippen LogP contribution in [0.4, 0.5) is 5.95 Å². The fourth-order valence-corrected chi connectivity index (χ4v) is 1.93. The Hall–Kier alpha value is -2.09. The summed E-state index contributed by atoms with van der Waals surface area (Å²) in [5.41, 5.74) is 5.39. The molecule has 104 valence electrons. The zero-order valence-electron chi connectivity index (χ0n) is 11.1. The maximum absolute atomic E-state index is 12.0. The minimum absolute atomic E-state index is 0.329. The molecule has 0 aliphatic carbocycles. The number of nitrogens with two attached hydrogens (primary N) is 1. The minimum atomic E-state index is -0.374. The van der Waals surface area contributed by atoms with Crippen LogP contribution in [0.3, 0.4) is 0 Å². The second-order valence-corrected chi connectivity index (χ2v) is 4.30. The number of H-pyrrole nitrogens is 1. The van der Waals surface area contributed by atoms with Gasteiger partial charge in [-0.3, -0.25) is 13.9 Å². The Kier molecular flexibility index (Phi) is 3.70. The summed E-state index contributed by atoms with van der Waals surface area (Å²) in [5.74, 6) is 0.452. The van der Waals surface area contributed by atoms with E-state index in [1.54, 1.807) is 0 Å². The van der Waals surface area contributed by atoms with E-state index in [4.69, 9.17) is 5.73 Å². The number of fused-ring (bicyclic) bond motifs is 1. The lowest BCUT2D eigenvalue weighted by Gasteiger charge is -2.06. The molecule has 0 bridgehead atoms. The third kappa shape index (κ3) is 2.26. The summed E-state index contributed by atoms with van der Waals surface area (Å²) in [6.07, 6.45) is 0.783. The SMILES string of the molecule is CCCn1c(=O)n(C)c(=O)c2[nH]c(NCCN)nc21. The number of nitrogens with zero attached hydrogens (tertiary/aromatic N) is 3. The number of aromatic nitrogens is 4. The monoisotopic (exact) mass is 266 g/mol. The Balaban J connectivity index is 2.67. The van der Waals surface area contributed by atoms with E-state index in [-0.39, 0.29) is 11.2 Å². The first-order valence-corrected chi connectivity index (χ1v) is 6.23. The highest BCUT2D eigenvalue weighted by atomic mass is 16.2. The molecular formula is C11H18N6O2. The molecule has 0 fully saturated rings. The second-order valence-electron chi connectivity index (χ2n) is 4.30. The highest BCUT2D eigenvalue weighted by Gasteiger charge is 2.14. The third-order valence-corrected chi connectivity index (χ3v) is 2.86. The van der Waals surface area contributed by atoms with Gasteiger partial charge in [0, 0.05) is 26.7 Å². The molecule has 2 aromatic rings. The van der Waals surface area contributed by atoms with Gasteiger partial charge in [0.05, 0.1) is 0 Å². The van der Waals surface area contributed by atoms with Gasteiger partial charge in [-0.25, -0.2) is 4.79 Å². The summed E-state index contributed by atoms with van der Waals surface area (Å²) < 4.78 is 2.59. The normalized spacial score (nSPS) is 11.1. The van der Waals surface area contributed by atoms with E-state index >= 15 is 0 Å². The van der Waals surface area contributed by atoms with Gasteiger partial charge in [0.1, 0.15) is 0 Å². The molecule has 4 N–H and O–H groups in total. The number of nitrogens with one attached hydrogen (secondary N) is 2. The van der Waals surface area contributed by atoms with Gasteiger partial charge in [0.25, 0.3) is 5.56 Å². The lowest BCUT2D eigenvalue weighted by atomic mass is 10.4. The van der Waals surface area contributed by atoms with Gasteiger partial charge in [0.15, 0.2) is 11.2 Å². The summed E-state index contributed by atoms with van der Waals surface area (Å²) in [5, 5.41) is 2.96. The van der Waals surface area contributed by atoms with Crippen LogP contribution < -0.4 is 22.3 Å². The number of rotatable bonds is 5. The Labute approximate surface area is 109 Å². The van der Waals surface area contributed by atoms with E-state index in [1.807, 2.05) is 6.92 Å². The van der Waals surface area contributed by atoms with Crippen molar-refractivity contribution < 1.29 is 0 Å². The number of hydrogen-bond acceptors (Lipinski definition) is 5. The Morgan fingerprint density at radius 1 is 1.42 bits per heavy atom. The first kappa shape index (κ1) is 13.3. The molecule has 0 atom stereocenters. The highest BCUT2D eigenvalue weighted by Crippen LogP contribution is 2.09. The van der Waals surface area contributed by atoms with Crippen LogP contribution in [0.15, 0.2) is 9.59 Å². The van der Waals surface area contributed by atoms with Gasteiger partial charge in [-0.15, -0.1) is 0 Å². The molecule has 0 radical (unpaired) electrons. The number of hydrogen-bond donors (Lipinski definition) is 3. The van der Waals surface area contributed by atoms with E-state index in [1.165, 1.54) is 11.6 Å². The van der Waals surface area contributed by atoms with Crippen molar-refractivity contribution in [2.75, 3.05) is 18.4 Å². The van der Waals surface area contributed by atoms with Gasteiger partial charge in [-0.2, -0.15) is 4.98 Å². The van der Waals surface area contributed by atoms with E-state index in [0.717, 1.165) is 11.0 Å². The summed E-state index contributed by atoms with van der Waals surface area (Å²) in [6, 6.07) is 0. The molecule has 0 saturated carbocycles. The van der Waals surface area contributed by atoms with Crippen LogP contribution in [0.5, 0.6) is 0 Å². The smallest absolute Gasteiger partial charge is 0.332 e. The maximum Gasteiger partial charge on any atom is 0.332 e. The van der Waals surface area contributed by atoms with Gasteiger partial charge >= 0.3 is 5.69 Å². The van der Waals surface area contributed by atoms with E-state index in [2.05, 4.69) is 15.3 Å². The number of aryl methyl sites for hydroxylation is 1. The minimum Gasteiger partial charge on any atom is -0.354 e. The molecule has 2 rings (SSSR count). The average Bonchev–Trinajstić information content (AvgIpc) is 2.83. The predicted octanol–water partition coefficient (Wildman–Crippen LogP) is -0.796.